The number of nitrogens with zero attached hydrogens (tertiary/aromatic N) is 2. The number of aromatic nitrogens is 2. The minimum absolute atomic E-state index is 0.195. The Morgan fingerprint density at radius 1 is 1.11 bits per heavy atom. The summed E-state index contributed by atoms with van der Waals surface area (Å²) in [6.45, 7) is 5.12. The second-order valence-corrected chi connectivity index (χ2v) is 4.84. The second-order valence-electron chi connectivity index (χ2n) is 4.84. The molecule has 1 aromatic carbocycles. The van der Waals surface area contributed by atoms with Gasteiger partial charge in [-0.05, 0) is 19.3 Å². The maximum atomic E-state index is 10.1. The third-order valence-electron chi connectivity index (χ3n) is 3.29. The molecule has 1 aromatic heterocycles. The number of hydrogen-bond donors (Lipinski definition) is 1. The zero-order valence-electron chi connectivity index (χ0n) is 11.8. The monoisotopic (exact) mass is 258 g/mol. The molecular formula is C16H22N2O. The van der Waals surface area contributed by atoms with Crippen LogP contribution in [-0.4, -0.2) is 14.9 Å². The first-order valence-corrected chi connectivity index (χ1v) is 7.12. The Labute approximate surface area is 114 Å². The Hall–Kier alpha value is -1.77. The average molecular weight is 258 g/mol. The number of hydrogen-bond acceptors (Lipinski definition) is 2. The van der Waals surface area contributed by atoms with Gasteiger partial charge in [0.05, 0.1) is 5.69 Å². The summed E-state index contributed by atoms with van der Waals surface area (Å²) in [5.74, 6) is 0.195. The summed E-state index contributed by atoms with van der Waals surface area (Å²) in [6.07, 6.45) is 4.09. The third kappa shape index (κ3) is 2.98. The van der Waals surface area contributed by atoms with Gasteiger partial charge in [-0.25, -0.2) is 0 Å². The molecule has 19 heavy (non-hydrogen) atoms. The molecule has 0 aliphatic carbocycles. The molecule has 0 unspecified atom stereocenters. The zero-order chi connectivity index (χ0) is 13.7. The van der Waals surface area contributed by atoms with Gasteiger partial charge in [0.2, 0.25) is 5.88 Å². The lowest BCUT2D eigenvalue weighted by molar-refractivity contribution is 0.431. The van der Waals surface area contributed by atoms with Crippen molar-refractivity contribution in [2.24, 2.45) is 0 Å². The first-order chi connectivity index (χ1) is 9.27. The van der Waals surface area contributed by atoms with Crippen molar-refractivity contribution in [3.63, 3.8) is 0 Å². The van der Waals surface area contributed by atoms with Crippen molar-refractivity contribution in [3.05, 3.63) is 35.9 Å². The van der Waals surface area contributed by atoms with E-state index in [0.717, 1.165) is 49.0 Å². The molecule has 2 aromatic rings. The molecule has 0 amide bonds. The van der Waals surface area contributed by atoms with Gasteiger partial charge in [-0.3, -0.25) is 4.68 Å². The lowest BCUT2D eigenvalue weighted by Crippen LogP contribution is -2.02. The first kappa shape index (κ1) is 13.7. The van der Waals surface area contributed by atoms with Gasteiger partial charge < -0.3 is 5.11 Å². The summed E-state index contributed by atoms with van der Waals surface area (Å²) in [7, 11) is 0. The van der Waals surface area contributed by atoms with Crippen molar-refractivity contribution in [2.75, 3.05) is 0 Å². The van der Waals surface area contributed by atoms with Gasteiger partial charge in [0, 0.05) is 17.7 Å². The van der Waals surface area contributed by atoms with E-state index in [1.807, 2.05) is 22.9 Å². The van der Waals surface area contributed by atoms with Crippen LogP contribution in [0.1, 0.15) is 38.7 Å². The molecule has 0 aliphatic heterocycles. The molecule has 2 rings (SSSR count). The minimum Gasteiger partial charge on any atom is -0.492 e. The van der Waals surface area contributed by atoms with E-state index in [1.165, 1.54) is 0 Å². The number of aromatic hydroxyl groups is 1. The van der Waals surface area contributed by atoms with Gasteiger partial charge in [0.25, 0.3) is 0 Å². The van der Waals surface area contributed by atoms with Gasteiger partial charge in [-0.2, -0.15) is 0 Å². The highest BCUT2D eigenvalue weighted by Crippen LogP contribution is 2.31. The largest absolute Gasteiger partial charge is 0.492 e. The predicted octanol–water partition coefficient (Wildman–Crippen LogP) is 4.01. The average Bonchev–Trinajstić information content (AvgIpc) is 2.74. The van der Waals surface area contributed by atoms with Crippen LogP contribution >= 0.6 is 0 Å². The Kier molecular flexibility index (Phi) is 4.61. The second kappa shape index (κ2) is 6.41. The van der Waals surface area contributed by atoms with Gasteiger partial charge in [0.15, 0.2) is 0 Å². The minimum atomic E-state index is 0.195. The molecule has 0 aliphatic rings. The predicted molar refractivity (Wildman–Crippen MR) is 78.2 cm³/mol. The van der Waals surface area contributed by atoms with Crippen LogP contribution in [0.2, 0.25) is 0 Å². The van der Waals surface area contributed by atoms with E-state index in [0.29, 0.717) is 0 Å². The number of rotatable bonds is 6. The van der Waals surface area contributed by atoms with Crippen LogP contribution in [0.15, 0.2) is 30.3 Å². The Morgan fingerprint density at radius 3 is 2.47 bits per heavy atom. The quantitative estimate of drug-likeness (QED) is 0.850. The molecule has 0 saturated heterocycles. The number of benzene rings is 1. The normalized spacial score (nSPS) is 10.8. The van der Waals surface area contributed by atoms with Crippen molar-refractivity contribution < 1.29 is 5.11 Å². The summed E-state index contributed by atoms with van der Waals surface area (Å²) >= 11 is 0. The SMILES string of the molecule is CCCCc1c(O)nn(CCC)c1-c1ccccc1. The summed E-state index contributed by atoms with van der Waals surface area (Å²) in [4.78, 5) is 0. The van der Waals surface area contributed by atoms with Crippen LogP contribution in [-0.2, 0) is 13.0 Å². The standard InChI is InChI=1S/C16H22N2O/c1-3-5-11-14-15(13-9-7-6-8-10-13)18(12-4-2)17-16(14)19/h6-10H,3-5,11-12H2,1-2H3,(H,17,19). The fourth-order valence-electron chi connectivity index (χ4n) is 2.36. The van der Waals surface area contributed by atoms with Crippen LogP contribution < -0.4 is 0 Å². The molecule has 0 saturated carbocycles. The molecule has 3 heteroatoms. The third-order valence-corrected chi connectivity index (χ3v) is 3.29. The molecule has 0 bridgehead atoms. The topological polar surface area (TPSA) is 38.1 Å². The molecule has 0 atom stereocenters. The maximum absolute atomic E-state index is 10.1. The van der Waals surface area contributed by atoms with E-state index in [-0.39, 0.29) is 5.88 Å². The maximum Gasteiger partial charge on any atom is 0.234 e. The summed E-state index contributed by atoms with van der Waals surface area (Å²) in [5.41, 5.74) is 3.20. The smallest absolute Gasteiger partial charge is 0.234 e. The Bertz CT molecular complexity index is 517. The van der Waals surface area contributed by atoms with E-state index >= 15 is 0 Å². The molecule has 1 heterocycles. The van der Waals surface area contributed by atoms with Crippen molar-refractivity contribution >= 4 is 0 Å². The molecule has 1 N–H and O–H groups in total. The van der Waals surface area contributed by atoms with Crippen LogP contribution in [0, 0.1) is 0 Å². The molecular weight excluding hydrogens is 236 g/mol. The molecule has 3 nitrogen and oxygen atoms in total. The molecule has 102 valence electrons. The summed E-state index contributed by atoms with van der Waals surface area (Å²) in [6, 6.07) is 10.2. The first-order valence-electron chi connectivity index (χ1n) is 7.12. The van der Waals surface area contributed by atoms with Gasteiger partial charge >= 0.3 is 0 Å². The lowest BCUT2D eigenvalue weighted by Gasteiger charge is -2.08. The van der Waals surface area contributed by atoms with E-state index < -0.39 is 0 Å². The van der Waals surface area contributed by atoms with Gasteiger partial charge in [-0.15, -0.1) is 5.10 Å². The number of aryl methyl sites for hydroxylation is 1. The number of unbranched alkanes of at least 4 members (excludes halogenated alkanes) is 1. The fraction of sp³-hybridized carbons (Fsp3) is 0.438. The van der Waals surface area contributed by atoms with E-state index in [9.17, 15) is 5.11 Å². The van der Waals surface area contributed by atoms with E-state index in [2.05, 4.69) is 31.1 Å². The highest BCUT2D eigenvalue weighted by atomic mass is 16.3. The molecule has 0 fully saturated rings. The van der Waals surface area contributed by atoms with Crippen LogP contribution in [0.5, 0.6) is 5.88 Å². The van der Waals surface area contributed by atoms with Crippen molar-refractivity contribution in [1.82, 2.24) is 9.78 Å². The highest BCUT2D eigenvalue weighted by molar-refractivity contribution is 5.65. The van der Waals surface area contributed by atoms with Gasteiger partial charge in [-0.1, -0.05) is 50.6 Å². The fourth-order valence-corrected chi connectivity index (χ4v) is 2.36. The van der Waals surface area contributed by atoms with Crippen LogP contribution in [0.25, 0.3) is 11.3 Å². The van der Waals surface area contributed by atoms with E-state index in [1.54, 1.807) is 0 Å². The Balaban J connectivity index is 2.47. The van der Waals surface area contributed by atoms with Gasteiger partial charge in [0.1, 0.15) is 0 Å². The van der Waals surface area contributed by atoms with Crippen LogP contribution in [0.4, 0.5) is 0 Å². The summed E-state index contributed by atoms with van der Waals surface area (Å²) < 4.78 is 1.94. The zero-order valence-corrected chi connectivity index (χ0v) is 11.8. The lowest BCUT2D eigenvalue weighted by atomic mass is 10.0. The molecule has 0 spiro atoms. The molecule has 0 radical (unpaired) electrons. The van der Waals surface area contributed by atoms with E-state index in [4.69, 9.17) is 0 Å². The summed E-state index contributed by atoms with van der Waals surface area (Å²) in [5, 5.41) is 14.4. The Morgan fingerprint density at radius 2 is 1.84 bits per heavy atom. The van der Waals surface area contributed by atoms with Crippen molar-refractivity contribution in [1.29, 1.82) is 0 Å². The highest BCUT2D eigenvalue weighted by Gasteiger charge is 2.17. The van der Waals surface area contributed by atoms with Crippen molar-refractivity contribution in [3.8, 4) is 17.1 Å². The van der Waals surface area contributed by atoms with Crippen molar-refractivity contribution in [2.45, 2.75) is 46.1 Å². The van der Waals surface area contributed by atoms with Crippen LogP contribution in [0.3, 0.4) is 0 Å².